The Kier molecular flexibility index (Phi) is 2.56. The summed E-state index contributed by atoms with van der Waals surface area (Å²) in [5.41, 5.74) is 0. The minimum absolute atomic E-state index is 0.319. The standard InChI is InChI=1S/C8H14N2OS/c11-8(6-9-2-1-3-9)10-4-5-12-7-10/h1-7H2. The third-order valence-corrected chi connectivity index (χ3v) is 3.38. The van der Waals surface area contributed by atoms with Crippen molar-refractivity contribution in [1.29, 1.82) is 0 Å². The van der Waals surface area contributed by atoms with E-state index in [1.54, 1.807) is 0 Å². The highest BCUT2D eigenvalue weighted by atomic mass is 32.2. The van der Waals surface area contributed by atoms with Crippen LogP contribution < -0.4 is 0 Å². The van der Waals surface area contributed by atoms with Gasteiger partial charge >= 0.3 is 0 Å². The van der Waals surface area contributed by atoms with Gasteiger partial charge in [-0.2, -0.15) is 0 Å². The van der Waals surface area contributed by atoms with Crippen LogP contribution in [0.15, 0.2) is 0 Å². The first-order valence-electron chi connectivity index (χ1n) is 4.44. The average Bonchev–Trinajstić information content (AvgIpc) is 2.47. The summed E-state index contributed by atoms with van der Waals surface area (Å²) in [4.78, 5) is 15.7. The third kappa shape index (κ3) is 1.75. The lowest BCUT2D eigenvalue weighted by atomic mass is 10.2. The van der Waals surface area contributed by atoms with Gasteiger partial charge in [-0.25, -0.2) is 0 Å². The van der Waals surface area contributed by atoms with Gasteiger partial charge in [0.15, 0.2) is 0 Å². The molecule has 2 aliphatic rings. The minimum Gasteiger partial charge on any atom is -0.332 e. The molecule has 0 spiro atoms. The zero-order chi connectivity index (χ0) is 8.39. The first-order valence-corrected chi connectivity index (χ1v) is 5.59. The summed E-state index contributed by atoms with van der Waals surface area (Å²) in [5.74, 6) is 2.35. The van der Waals surface area contributed by atoms with Gasteiger partial charge in [-0.1, -0.05) is 0 Å². The fraction of sp³-hybridized carbons (Fsp3) is 0.875. The number of carbonyl (C=O) groups is 1. The molecular formula is C8H14N2OS. The predicted molar refractivity (Wildman–Crippen MR) is 50.1 cm³/mol. The van der Waals surface area contributed by atoms with Gasteiger partial charge < -0.3 is 4.90 Å². The Labute approximate surface area is 77.1 Å². The van der Waals surface area contributed by atoms with Gasteiger partial charge in [0.05, 0.1) is 12.4 Å². The fourth-order valence-electron chi connectivity index (χ4n) is 1.44. The topological polar surface area (TPSA) is 23.6 Å². The molecule has 2 saturated heterocycles. The molecule has 0 unspecified atom stereocenters. The van der Waals surface area contributed by atoms with Crippen LogP contribution in [0.5, 0.6) is 0 Å². The molecule has 2 heterocycles. The Morgan fingerprint density at radius 1 is 1.33 bits per heavy atom. The Hall–Kier alpha value is -0.220. The van der Waals surface area contributed by atoms with E-state index in [0.717, 1.165) is 31.3 Å². The fourth-order valence-corrected chi connectivity index (χ4v) is 2.41. The zero-order valence-electron chi connectivity index (χ0n) is 7.16. The van der Waals surface area contributed by atoms with Crippen LogP contribution in [0.1, 0.15) is 6.42 Å². The quantitative estimate of drug-likeness (QED) is 0.616. The van der Waals surface area contributed by atoms with Gasteiger partial charge in [-0.05, 0) is 19.5 Å². The van der Waals surface area contributed by atoms with Crippen molar-refractivity contribution >= 4 is 17.7 Å². The van der Waals surface area contributed by atoms with Crippen molar-refractivity contribution < 1.29 is 4.79 Å². The van der Waals surface area contributed by atoms with Crippen LogP contribution in [0.2, 0.25) is 0 Å². The van der Waals surface area contributed by atoms with E-state index in [0.29, 0.717) is 12.5 Å². The number of hydrogen-bond donors (Lipinski definition) is 0. The molecule has 0 aromatic carbocycles. The summed E-state index contributed by atoms with van der Waals surface area (Å²) in [6.45, 7) is 3.84. The van der Waals surface area contributed by atoms with E-state index in [2.05, 4.69) is 4.90 Å². The summed E-state index contributed by atoms with van der Waals surface area (Å²) in [5, 5.41) is 0. The summed E-state index contributed by atoms with van der Waals surface area (Å²) < 4.78 is 0. The summed E-state index contributed by atoms with van der Waals surface area (Å²) in [7, 11) is 0. The number of nitrogens with zero attached hydrogens (tertiary/aromatic N) is 2. The number of carbonyl (C=O) groups excluding carboxylic acids is 1. The molecule has 3 nitrogen and oxygen atoms in total. The number of rotatable bonds is 2. The highest BCUT2D eigenvalue weighted by Crippen LogP contribution is 2.14. The van der Waals surface area contributed by atoms with Crippen molar-refractivity contribution in [2.24, 2.45) is 0 Å². The van der Waals surface area contributed by atoms with E-state index >= 15 is 0 Å². The normalized spacial score (nSPS) is 24.2. The summed E-state index contributed by atoms with van der Waals surface area (Å²) >= 11 is 1.85. The molecule has 68 valence electrons. The molecule has 0 N–H and O–H groups in total. The maximum absolute atomic E-state index is 11.5. The van der Waals surface area contributed by atoms with Crippen molar-refractivity contribution in [3.63, 3.8) is 0 Å². The largest absolute Gasteiger partial charge is 0.332 e. The van der Waals surface area contributed by atoms with E-state index in [1.807, 2.05) is 16.7 Å². The second-order valence-electron chi connectivity index (χ2n) is 3.32. The first kappa shape index (κ1) is 8.38. The van der Waals surface area contributed by atoms with Crippen molar-refractivity contribution in [3.05, 3.63) is 0 Å². The third-order valence-electron chi connectivity index (χ3n) is 2.41. The van der Waals surface area contributed by atoms with Crippen LogP contribution >= 0.6 is 11.8 Å². The van der Waals surface area contributed by atoms with Gasteiger partial charge in [0.25, 0.3) is 0 Å². The van der Waals surface area contributed by atoms with Gasteiger partial charge in [-0.3, -0.25) is 9.69 Å². The zero-order valence-corrected chi connectivity index (χ0v) is 7.98. The lowest BCUT2D eigenvalue weighted by Gasteiger charge is -2.31. The second-order valence-corrected chi connectivity index (χ2v) is 4.40. The van der Waals surface area contributed by atoms with Crippen LogP contribution in [0.4, 0.5) is 0 Å². The highest BCUT2D eigenvalue weighted by molar-refractivity contribution is 7.99. The minimum atomic E-state index is 0.319. The molecule has 4 heteroatoms. The van der Waals surface area contributed by atoms with Crippen LogP contribution in [0, 0.1) is 0 Å². The predicted octanol–water partition coefficient (Wildman–Crippen LogP) is 0.225. The van der Waals surface area contributed by atoms with Crippen LogP contribution in [0.3, 0.4) is 0 Å². The maximum Gasteiger partial charge on any atom is 0.237 e. The monoisotopic (exact) mass is 186 g/mol. The number of thioether (sulfide) groups is 1. The average molecular weight is 186 g/mol. The van der Waals surface area contributed by atoms with Crippen molar-refractivity contribution in [2.45, 2.75) is 6.42 Å². The second kappa shape index (κ2) is 3.66. The molecule has 0 aromatic heterocycles. The Morgan fingerprint density at radius 2 is 2.17 bits per heavy atom. The summed E-state index contributed by atoms with van der Waals surface area (Å²) in [6.07, 6.45) is 1.27. The smallest absolute Gasteiger partial charge is 0.237 e. The molecule has 0 bridgehead atoms. The number of amides is 1. The molecular weight excluding hydrogens is 172 g/mol. The lowest BCUT2D eigenvalue weighted by Crippen LogP contribution is -2.45. The molecule has 12 heavy (non-hydrogen) atoms. The van der Waals surface area contributed by atoms with E-state index in [1.165, 1.54) is 6.42 Å². The molecule has 0 atom stereocenters. The molecule has 0 saturated carbocycles. The first-order chi connectivity index (χ1) is 5.86. The summed E-state index contributed by atoms with van der Waals surface area (Å²) in [6, 6.07) is 0. The van der Waals surface area contributed by atoms with E-state index < -0.39 is 0 Å². The molecule has 0 aliphatic carbocycles. The Balaban J connectivity index is 1.74. The van der Waals surface area contributed by atoms with Crippen LogP contribution in [-0.2, 0) is 4.79 Å². The number of likely N-dealkylation sites (tertiary alicyclic amines) is 1. The SMILES string of the molecule is O=C(CN1CCC1)N1CCSC1. The van der Waals surface area contributed by atoms with Gasteiger partial charge in [0.2, 0.25) is 5.91 Å². The Morgan fingerprint density at radius 3 is 2.67 bits per heavy atom. The van der Waals surface area contributed by atoms with Gasteiger partial charge in [0, 0.05) is 12.3 Å². The molecule has 2 rings (SSSR count). The van der Waals surface area contributed by atoms with Crippen LogP contribution in [-0.4, -0.2) is 53.5 Å². The molecule has 0 radical (unpaired) electrons. The Bertz CT molecular complexity index is 176. The van der Waals surface area contributed by atoms with E-state index in [-0.39, 0.29) is 0 Å². The van der Waals surface area contributed by atoms with E-state index in [4.69, 9.17) is 0 Å². The van der Waals surface area contributed by atoms with Crippen molar-refractivity contribution in [2.75, 3.05) is 37.8 Å². The van der Waals surface area contributed by atoms with Crippen molar-refractivity contribution in [1.82, 2.24) is 9.80 Å². The maximum atomic E-state index is 11.5. The number of hydrogen-bond acceptors (Lipinski definition) is 3. The molecule has 2 aliphatic heterocycles. The molecule has 0 aromatic rings. The van der Waals surface area contributed by atoms with E-state index in [9.17, 15) is 4.79 Å². The van der Waals surface area contributed by atoms with Gasteiger partial charge in [-0.15, -0.1) is 11.8 Å². The molecule has 1 amide bonds. The lowest BCUT2D eigenvalue weighted by molar-refractivity contribution is -0.131. The molecule has 2 fully saturated rings. The van der Waals surface area contributed by atoms with Crippen LogP contribution in [0.25, 0.3) is 0 Å². The van der Waals surface area contributed by atoms with Gasteiger partial charge in [0.1, 0.15) is 0 Å². The van der Waals surface area contributed by atoms with Crippen molar-refractivity contribution in [3.8, 4) is 0 Å². The highest BCUT2D eigenvalue weighted by Gasteiger charge is 2.22.